The van der Waals surface area contributed by atoms with Gasteiger partial charge in [0.2, 0.25) is 0 Å². The summed E-state index contributed by atoms with van der Waals surface area (Å²) >= 11 is 0. The molecular weight excluding hydrogens is 426 g/mol. The Morgan fingerprint density at radius 3 is 2.52 bits per heavy atom. The van der Waals surface area contributed by atoms with Crippen LogP contribution in [-0.4, -0.2) is 34.6 Å². The second-order valence-corrected chi connectivity index (χ2v) is 7.20. The Morgan fingerprint density at radius 1 is 1.12 bits per heavy atom. The third-order valence-electron chi connectivity index (χ3n) is 5.05. The highest BCUT2D eigenvalue weighted by atomic mass is 16.6. The Balaban J connectivity index is 1.47. The molecule has 2 N–H and O–H groups in total. The molecule has 10 nitrogen and oxygen atoms in total. The molecule has 166 valence electrons. The lowest BCUT2D eigenvalue weighted by molar-refractivity contribution is -0.384. The Bertz CT molecular complexity index is 1240. The van der Waals surface area contributed by atoms with Crippen molar-refractivity contribution in [2.24, 2.45) is 4.99 Å². The number of non-ortho nitro benzene ring substituents is 1. The number of nitro benzene ring substituents is 1. The zero-order valence-electron chi connectivity index (χ0n) is 17.5. The van der Waals surface area contributed by atoms with Crippen LogP contribution < -0.4 is 15.4 Å². The molecule has 2 aromatic carbocycles. The molecule has 0 aliphatic carbocycles. The highest BCUT2D eigenvalue weighted by Gasteiger charge is 2.24. The van der Waals surface area contributed by atoms with Gasteiger partial charge in [-0.15, -0.1) is 0 Å². The highest BCUT2D eigenvalue weighted by molar-refractivity contribution is 6.08. The average Bonchev–Trinajstić information content (AvgIpc) is 2.84. The highest BCUT2D eigenvalue weighted by Crippen LogP contribution is 2.28. The zero-order valence-corrected chi connectivity index (χ0v) is 17.5. The number of aromatic nitrogens is 1. The SMILES string of the molecule is CNC(=O)c1cc(Oc2ccc(C3CC(c4ccc([N+](=O)[O-])cc4)=NC(=O)N3)cc2)ccn1. The van der Waals surface area contributed by atoms with E-state index in [-0.39, 0.29) is 23.3 Å². The lowest BCUT2D eigenvalue weighted by Gasteiger charge is -2.23. The Morgan fingerprint density at radius 2 is 1.85 bits per heavy atom. The number of ether oxygens (including phenoxy) is 1. The number of pyridine rings is 1. The minimum Gasteiger partial charge on any atom is -0.457 e. The molecule has 0 radical (unpaired) electrons. The van der Waals surface area contributed by atoms with Gasteiger partial charge >= 0.3 is 6.03 Å². The largest absolute Gasteiger partial charge is 0.457 e. The van der Waals surface area contributed by atoms with E-state index in [1.165, 1.54) is 25.4 Å². The molecule has 0 fully saturated rings. The third kappa shape index (κ3) is 5.01. The molecule has 10 heteroatoms. The van der Waals surface area contributed by atoms with Gasteiger partial charge in [0.1, 0.15) is 17.2 Å². The summed E-state index contributed by atoms with van der Waals surface area (Å²) in [6.45, 7) is 0. The summed E-state index contributed by atoms with van der Waals surface area (Å²) in [7, 11) is 1.53. The van der Waals surface area contributed by atoms with Gasteiger partial charge in [-0.25, -0.2) is 4.79 Å². The summed E-state index contributed by atoms with van der Waals surface area (Å²) in [5, 5.41) is 16.2. The number of amides is 3. The summed E-state index contributed by atoms with van der Waals surface area (Å²) < 4.78 is 5.81. The number of hydrogen-bond donors (Lipinski definition) is 2. The molecule has 1 atom stereocenters. The van der Waals surface area contributed by atoms with Crippen molar-refractivity contribution in [3.05, 3.63) is 93.8 Å². The normalized spacial score (nSPS) is 15.2. The van der Waals surface area contributed by atoms with Crippen molar-refractivity contribution in [2.75, 3.05) is 7.05 Å². The number of rotatable bonds is 6. The van der Waals surface area contributed by atoms with E-state index in [1.807, 2.05) is 12.1 Å². The molecule has 2 heterocycles. The molecule has 4 rings (SSSR count). The number of hydrogen-bond acceptors (Lipinski definition) is 6. The molecule has 33 heavy (non-hydrogen) atoms. The molecular formula is C23H19N5O5. The van der Waals surface area contributed by atoms with Gasteiger partial charge in [-0.3, -0.25) is 19.9 Å². The monoisotopic (exact) mass is 445 g/mol. The third-order valence-corrected chi connectivity index (χ3v) is 5.05. The van der Waals surface area contributed by atoms with E-state index >= 15 is 0 Å². The van der Waals surface area contributed by atoms with Crippen molar-refractivity contribution in [2.45, 2.75) is 12.5 Å². The number of nitrogens with one attached hydrogen (secondary N) is 2. The van der Waals surface area contributed by atoms with Crippen molar-refractivity contribution in [3.8, 4) is 11.5 Å². The van der Waals surface area contributed by atoms with Crippen molar-refractivity contribution < 1.29 is 19.2 Å². The van der Waals surface area contributed by atoms with Gasteiger partial charge < -0.3 is 15.4 Å². The van der Waals surface area contributed by atoms with E-state index in [0.29, 0.717) is 29.2 Å². The topological polar surface area (TPSA) is 136 Å². The Labute approximate surface area is 188 Å². The molecule has 1 aromatic heterocycles. The Hall–Kier alpha value is -4.60. The summed E-state index contributed by atoms with van der Waals surface area (Å²) in [5.74, 6) is 0.712. The van der Waals surface area contributed by atoms with Crippen LogP contribution in [0.3, 0.4) is 0 Å². The van der Waals surface area contributed by atoms with Crippen molar-refractivity contribution in [1.29, 1.82) is 0 Å². The zero-order chi connectivity index (χ0) is 23.4. The van der Waals surface area contributed by atoms with Crippen LogP contribution in [0.15, 0.2) is 71.9 Å². The van der Waals surface area contributed by atoms with Gasteiger partial charge in [-0.05, 0) is 41.5 Å². The van der Waals surface area contributed by atoms with Gasteiger partial charge in [0, 0.05) is 37.9 Å². The minimum absolute atomic E-state index is 0.0246. The summed E-state index contributed by atoms with van der Waals surface area (Å²) in [5.41, 5.74) is 2.28. The van der Waals surface area contributed by atoms with Crippen LogP contribution in [0.4, 0.5) is 10.5 Å². The number of carbonyl (C=O) groups excluding carboxylic acids is 2. The Kier molecular flexibility index (Phi) is 6.07. The first kappa shape index (κ1) is 21.6. The molecule has 0 bridgehead atoms. The van der Waals surface area contributed by atoms with Crippen LogP contribution in [0.5, 0.6) is 11.5 Å². The van der Waals surface area contributed by atoms with E-state index < -0.39 is 11.0 Å². The van der Waals surface area contributed by atoms with Crippen LogP contribution in [-0.2, 0) is 0 Å². The van der Waals surface area contributed by atoms with Gasteiger partial charge in [0.05, 0.1) is 16.7 Å². The molecule has 3 amide bonds. The minimum atomic E-state index is -0.475. The first-order valence-electron chi connectivity index (χ1n) is 10.0. The lowest BCUT2D eigenvalue weighted by Crippen LogP contribution is -2.33. The first-order chi connectivity index (χ1) is 15.9. The van der Waals surface area contributed by atoms with Crippen LogP contribution >= 0.6 is 0 Å². The van der Waals surface area contributed by atoms with Gasteiger partial charge in [-0.2, -0.15) is 4.99 Å². The number of aliphatic imine (C=N–C) groups is 1. The number of benzene rings is 2. The van der Waals surface area contributed by atoms with E-state index in [9.17, 15) is 19.7 Å². The molecule has 0 saturated heterocycles. The fraction of sp³-hybridized carbons (Fsp3) is 0.130. The molecule has 1 aliphatic heterocycles. The van der Waals surface area contributed by atoms with Crippen LogP contribution in [0, 0.1) is 10.1 Å². The first-order valence-corrected chi connectivity index (χ1v) is 10.0. The summed E-state index contributed by atoms with van der Waals surface area (Å²) in [6.07, 6.45) is 1.93. The van der Waals surface area contributed by atoms with Gasteiger partial charge in [-0.1, -0.05) is 12.1 Å². The standard InChI is InChI=1S/C23H19N5O5/c1-24-22(29)21-12-18(10-11-25-21)33-17-8-4-15(5-9-17)20-13-19(26-23(30)27-20)14-2-6-16(7-3-14)28(31)32/h2-12,20H,13H2,1H3,(H,24,29)(H,27,30). The van der Waals surface area contributed by atoms with Gasteiger partial charge in [0.25, 0.3) is 11.6 Å². The number of carbonyl (C=O) groups is 2. The summed E-state index contributed by atoms with van der Waals surface area (Å²) in [6, 6.07) is 15.6. The van der Waals surface area contributed by atoms with Gasteiger partial charge in [0.15, 0.2) is 0 Å². The number of nitrogens with zero attached hydrogens (tertiary/aromatic N) is 3. The second kappa shape index (κ2) is 9.27. The van der Waals surface area contributed by atoms with Crippen LogP contribution in [0.2, 0.25) is 0 Å². The maximum Gasteiger partial charge on any atom is 0.341 e. The van der Waals surface area contributed by atoms with E-state index in [2.05, 4.69) is 20.6 Å². The number of urea groups is 1. The summed E-state index contributed by atoms with van der Waals surface area (Å²) in [4.78, 5) is 42.3. The maximum absolute atomic E-state index is 12.2. The second-order valence-electron chi connectivity index (χ2n) is 7.20. The van der Waals surface area contributed by atoms with E-state index in [4.69, 9.17) is 4.74 Å². The van der Waals surface area contributed by atoms with Crippen molar-refractivity contribution in [1.82, 2.24) is 15.6 Å². The molecule has 0 saturated carbocycles. The average molecular weight is 445 g/mol. The van der Waals surface area contributed by atoms with E-state index in [1.54, 1.807) is 36.4 Å². The fourth-order valence-electron chi connectivity index (χ4n) is 3.38. The van der Waals surface area contributed by atoms with Crippen molar-refractivity contribution in [3.63, 3.8) is 0 Å². The predicted octanol–water partition coefficient (Wildman–Crippen LogP) is 3.79. The quantitative estimate of drug-likeness (QED) is 0.438. The van der Waals surface area contributed by atoms with E-state index in [0.717, 1.165) is 5.56 Å². The lowest BCUT2D eigenvalue weighted by atomic mass is 9.96. The predicted molar refractivity (Wildman–Crippen MR) is 120 cm³/mol. The van der Waals surface area contributed by atoms with Crippen LogP contribution in [0.25, 0.3) is 0 Å². The smallest absolute Gasteiger partial charge is 0.341 e. The molecule has 1 unspecified atom stereocenters. The molecule has 3 aromatic rings. The maximum atomic E-state index is 12.2. The molecule has 1 aliphatic rings. The number of nitro groups is 1. The van der Waals surface area contributed by atoms with Crippen molar-refractivity contribution >= 4 is 23.3 Å². The van der Waals surface area contributed by atoms with Crippen LogP contribution in [0.1, 0.15) is 34.1 Å². The fourth-order valence-corrected chi connectivity index (χ4v) is 3.38. The molecule has 0 spiro atoms.